The highest BCUT2D eigenvalue weighted by Crippen LogP contribution is 2.15. The van der Waals surface area contributed by atoms with E-state index in [0.717, 1.165) is 13.0 Å². The monoisotopic (exact) mass is 151 g/mol. The van der Waals surface area contributed by atoms with Gasteiger partial charge in [0.15, 0.2) is 0 Å². The number of hydrogen-bond donors (Lipinski definition) is 0. The molecule has 1 heteroatoms. The summed E-state index contributed by atoms with van der Waals surface area (Å²) in [5.74, 6) is 0. The Morgan fingerprint density at radius 1 is 1.55 bits per heavy atom. The predicted molar refractivity (Wildman–Crippen MR) is 50.2 cm³/mol. The van der Waals surface area contributed by atoms with Gasteiger partial charge in [0, 0.05) is 12.3 Å². The molecule has 0 amide bonds. The van der Waals surface area contributed by atoms with Gasteiger partial charge in [-0.05, 0) is 31.3 Å². The van der Waals surface area contributed by atoms with Gasteiger partial charge in [-0.2, -0.15) is 0 Å². The van der Waals surface area contributed by atoms with E-state index >= 15 is 0 Å². The molecule has 0 N–H and O–H groups in total. The first kappa shape index (κ1) is 8.51. The van der Waals surface area contributed by atoms with Crippen LogP contribution in [-0.4, -0.2) is 12.3 Å². The van der Waals surface area contributed by atoms with Gasteiger partial charge in [-0.15, -0.1) is 0 Å². The van der Waals surface area contributed by atoms with Crippen molar-refractivity contribution in [3.63, 3.8) is 0 Å². The normalized spacial score (nSPS) is 18.3. The van der Waals surface area contributed by atoms with E-state index in [1.165, 1.54) is 37.0 Å². The standard InChI is InChI=1S/C10H17N/c1-3-4-7-10-9(2)6-5-8-11-10/h2-8H2,1H3. The Labute approximate surface area is 69.2 Å². The molecular formula is C10H17N. The van der Waals surface area contributed by atoms with Crippen molar-refractivity contribution >= 4 is 5.71 Å². The molecule has 1 aliphatic heterocycles. The van der Waals surface area contributed by atoms with Crippen molar-refractivity contribution in [2.75, 3.05) is 6.54 Å². The van der Waals surface area contributed by atoms with Crippen LogP contribution in [0.15, 0.2) is 17.1 Å². The second-order valence-corrected chi connectivity index (χ2v) is 3.14. The first-order chi connectivity index (χ1) is 5.34. The number of aliphatic imine (C=N–C) groups is 1. The van der Waals surface area contributed by atoms with Gasteiger partial charge in [0.1, 0.15) is 0 Å². The Bertz CT molecular complexity index is 168. The van der Waals surface area contributed by atoms with E-state index in [2.05, 4.69) is 18.5 Å². The average molecular weight is 151 g/mol. The van der Waals surface area contributed by atoms with E-state index in [1.54, 1.807) is 0 Å². The Morgan fingerprint density at radius 2 is 2.36 bits per heavy atom. The molecule has 1 rings (SSSR count). The lowest BCUT2D eigenvalue weighted by Gasteiger charge is -2.13. The Hall–Kier alpha value is -0.590. The molecule has 0 aromatic carbocycles. The van der Waals surface area contributed by atoms with Crippen LogP contribution >= 0.6 is 0 Å². The SMILES string of the molecule is C=C1CCCN=C1CCCC. The summed E-state index contributed by atoms with van der Waals surface area (Å²) in [5.41, 5.74) is 2.57. The average Bonchev–Trinajstić information content (AvgIpc) is 2.03. The molecule has 1 aliphatic rings. The zero-order valence-electron chi connectivity index (χ0n) is 7.40. The highest BCUT2D eigenvalue weighted by atomic mass is 14.7. The first-order valence-electron chi connectivity index (χ1n) is 4.56. The van der Waals surface area contributed by atoms with E-state index in [9.17, 15) is 0 Å². The minimum Gasteiger partial charge on any atom is -0.289 e. The van der Waals surface area contributed by atoms with Gasteiger partial charge in [-0.3, -0.25) is 4.99 Å². The third-order valence-electron chi connectivity index (χ3n) is 2.11. The lowest BCUT2D eigenvalue weighted by molar-refractivity contribution is 0.778. The molecule has 0 bridgehead atoms. The second-order valence-electron chi connectivity index (χ2n) is 3.14. The van der Waals surface area contributed by atoms with Crippen LogP contribution in [0.2, 0.25) is 0 Å². The summed E-state index contributed by atoms with van der Waals surface area (Å²) in [7, 11) is 0. The minimum atomic E-state index is 1.03. The number of hydrogen-bond acceptors (Lipinski definition) is 1. The lowest BCUT2D eigenvalue weighted by Crippen LogP contribution is -2.08. The fourth-order valence-corrected chi connectivity index (χ4v) is 1.36. The van der Waals surface area contributed by atoms with Crippen LogP contribution in [0, 0.1) is 0 Å². The molecule has 1 nitrogen and oxygen atoms in total. The summed E-state index contributed by atoms with van der Waals surface area (Å²) >= 11 is 0. The van der Waals surface area contributed by atoms with Crippen LogP contribution in [-0.2, 0) is 0 Å². The van der Waals surface area contributed by atoms with Gasteiger partial charge < -0.3 is 0 Å². The van der Waals surface area contributed by atoms with Gasteiger partial charge in [0.2, 0.25) is 0 Å². The number of unbranched alkanes of at least 4 members (excludes halogenated alkanes) is 1. The smallest absolute Gasteiger partial charge is 0.0395 e. The fraction of sp³-hybridized carbons (Fsp3) is 0.700. The van der Waals surface area contributed by atoms with Gasteiger partial charge in [0.25, 0.3) is 0 Å². The molecule has 0 saturated heterocycles. The zero-order valence-corrected chi connectivity index (χ0v) is 7.40. The summed E-state index contributed by atoms with van der Waals surface area (Å²) < 4.78 is 0. The van der Waals surface area contributed by atoms with Crippen molar-refractivity contribution in [1.82, 2.24) is 0 Å². The van der Waals surface area contributed by atoms with Crippen LogP contribution in [0.4, 0.5) is 0 Å². The Morgan fingerprint density at radius 3 is 3.00 bits per heavy atom. The third kappa shape index (κ3) is 2.49. The molecule has 0 atom stereocenters. The highest BCUT2D eigenvalue weighted by molar-refractivity contribution is 6.00. The van der Waals surface area contributed by atoms with E-state index < -0.39 is 0 Å². The molecule has 11 heavy (non-hydrogen) atoms. The quantitative estimate of drug-likeness (QED) is 0.588. The molecule has 0 aromatic rings. The molecule has 0 fully saturated rings. The van der Waals surface area contributed by atoms with Crippen molar-refractivity contribution in [3.05, 3.63) is 12.2 Å². The van der Waals surface area contributed by atoms with E-state index in [-0.39, 0.29) is 0 Å². The maximum absolute atomic E-state index is 4.47. The second kappa shape index (κ2) is 4.32. The molecule has 62 valence electrons. The predicted octanol–water partition coefficient (Wildman–Crippen LogP) is 2.97. The summed E-state index contributed by atoms with van der Waals surface area (Å²) in [5, 5.41) is 0. The van der Waals surface area contributed by atoms with Crippen molar-refractivity contribution in [2.24, 2.45) is 4.99 Å². The molecule has 0 aromatic heterocycles. The number of allylic oxidation sites excluding steroid dienone is 1. The van der Waals surface area contributed by atoms with E-state index in [0.29, 0.717) is 0 Å². The molecule has 0 radical (unpaired) electrons. The summed E-state index contributed by atoms with van der Waals surface area (Å²) in [6, 6.07) is 0. The minimum absolute atomic E-state index is 1.03. The van der Waals surface area contributed by atoms with Gasteiger partial charge in [-0.25, -0.2) is 0 Å². The van der Waals surface area contributed by atoms with Gasteiger partial charge >= 0.3 is 0 Å². The largest absolute Gasteiger partial charge is 0.289 e. The van der Waals surface area contributed by atoms with Crippen molar-refractivity contribution in [1.29, 1.82) is 0 Å². The van der Waals surface area contributed by atoms with Gasteiger partial charge in [0.05, 0.1) is 0 Å². The Kier molecular flexibility index (Phi) is 3.34. The number of rotatable bonds is 3. The maximum atomic E-state index is 4.47. The van der Waals surface area contributed by atoms with Crippen LogP contribution in [0.25, 0.3) is 0 Å². The molecular weight excluding hydrogens is 134 g/mol. The van der Waals surface area contributed by atoms with Crippen molar-refractivity contribution in [2.45, 2.75) is 39.0 Å². The molecule has 0 spiro atoms. The van der Waals surface area contributed by atoms with Crippen LogP contribution in [0.3, 0.4) is 0 Å². The Balaban J connectivity index is 2.41. The lowest BCUT2D eigenvalue weighted by atomic mass is 9.99. The van der Waals surface area contributed by atoms with E-state index in [4.69, 9.17) is 0 Å². The molecule has 0 saturated carbocycles. The van der Waals surface area contributed by atoms with Gasteiger partial charge in [-0.1, -0.05) is 19.9 Å². The van der Waals surface area contributed by atoms with Crippen LogP contribution in [0.1, 0.15) is 39.0 Å². The molecule has 1 heterocycles. The summed E-state index contributed by atoms with van der Waals surface area (Å²) in [6.07, 6.45) is 6.04. The fourth-order valence-electron chi connectivity index (χ4n) is 1.36. The van der Waals surface area contributed by atoms with Crippen molar-refractivity contribution in [3.8, 4) is 0 Å². The molecule has 0 unspecified atom stereocenters. The number of nitrogens with zero attached hydrogens (tertiary/aromatic N) is 1. The van der Waals surface area contributed by atoms with Crippen molar-refractivity contribution < 1.29 is 0 Å². The summed E-state index contributed by atoms with van der Waals surface area (Å²) in [6.45, 7) is 7.26. The topological polar surface area (TPSA) is 12.4 Å². The summed E-state index contributed by atoms with van der Waals surface area (Å²) in [4.78, 5) is 4.47. The maximum Gasteiger partial charge on any atom is 0.0395 e. The van der Waals surface area contributed by atoms with E-state index in [1.807, 2.05) is 0 Å². The van der Waals surface area contributed by atoms with Crippen LogP contribution in [0.5, 0.6) is 0 Å². The highest BCUT2D eigenvalue weighted by Gasteiger charge is 2.07. The van der Waals surface area contributed by atoms with Crippen LogP contribution < -0.4 is 0 Å². The zero-order chi connectivity index (χ0) is 8.10. The molecule has 0 aliphatic carbocycles. The first-order valence-corrected chi connectivity index (χ1v) is 4.56. The third-order valence-corrected chi connectivity index (χ3v) is 2.11.